The molecule has 1 aromatic carbocycles. The van der Waals surface area contributed by atoms with Gasteiger partial charge in [-0.2, -0.15) is 0 Å². The number of nitrogens with two attached hydrogens (primary N) is 1. The molecule has 0 saturated heterocycles. The summed E-state index contributed by atoms with van der Waals surface area (Å²) in [5.41, 5.74) is 7.62. The van der Waals surface area contributed by atoms with Crippen molar-refractivity contribution in [3.63, 3.8) is 0 Å². The Balaban J connectivity index is 1.97. The van der Waals surface area contributed by atoms with Gasteiger partial charge in [0.25, 0.3) is 5.91 Å². The van der Waals surface area contributed by atoms with Crippen LogP contribution >= 0.6 is 11.3 Å². The molecule has 6 heteroatoms. The molecule has 0 aliphatic carbocycles. The topological polar surface area (TPSA) is 72.6 Å². The molecule has 5 nitrogen and oxygen atoms in total. The smallest absolute Gasteiger partial charge is 0.268 e. The summed E-state index contributed by atoms with van der Waals surface area (Å²) in [6.07, 6.45) is 0.449. The average molecular weight is 316 g/mol. The molecule has 2 aromatic rings. The van der Waals surface area contributed by atoms with E-state index in [0.717, 1.165) is 11.1 Å². The van der Waals surface area contributed by atoms with Crippen LogP contribution in [-0.4, -0.2) is 29.9 Å². The minimum Gasteiger partial charge on any atom is -0.495 e. The van der Waals surface area contributed by atoms with E-state index in [1.807, 2.05) is 24.3 Å². The van der Waals surface area contributed by atoms with Crippen LogP contribution in [0.5, 0.6) is 5.75 Å². The fourth-order valence-electron chi connectivity index (χ4n) is 2.74. The zero-order valence-corrected chi connectivity index (χ0v) is 12.9. The summed E-state index contributed by atoms with van der Waals surface area (Å²) < 4.78 is 5.21. The van der Waals surface area contributed by atoms with Crippen LogP contribution in [0.4, 0.5) is 0 Å². The molecular formula is C16H16N2O3S. The number of hydrogen-bond acceptors (Lipinski definition) is 4. The average Bonchev–Trinajstić information content (AvgIpc) is 3.01. The van der Waals surface area contributed by atoms with Crippen LogP contribution in [0.25, 0.3) is 0 Å². The van der Waals surface area contributed by atoms with E-state index in [-0.39, 0.29) is 5.91 Å². The van der Waals surface area contributed by atoms with Gasteiger partial charge < -0.3 is 15.4 Å². The number of hydrogen-bond donors (Lipinski definition) is 1. The number of rotatable bonds is 3. The molecule has 0 saturated carbocycles. The number of amides is 2. The molecule has 0 radical (unpaired) electrons. The van der Waals surface area contributed by atoms with Crippen LogP contribution in [0.15, 0.2) is 35.7 Å². The van der Waals surface area contributed by atoms with Gasteiger partial charge in [0.1, 0.15) is 16.7 Å². The molecule has 2 amide bonds. The second kappa shape index (κ2) is 5.81. The first-order chi connectivity index (χ1) is 10.6. The third-order valence-corrected chi connectivity index (χ3v) is 4.76. The van der Waals surface area contributed by atoms with E-state index in [0.29, 0.717) is 23.6 Å². The molecule has 22 heavy (non-hydrogen) atoms. The van der Waals surface area contributed by atoms with Crippen molar-refractivity contribution in [2.75, 3.05) is 7.11 Å². The number of methoxy groups -OCH3 is 1. The van der Waals surface area contributed by atoms with E-state index < -0.39 is 11.9 Å². The summed E-state index contributed by atoms with van der Waals surface area (Å²) in [5, 5.41) is 1.79. The normalized spacial score (nSPS) is 17.0. The van der Waals surface area contributed by atoms with Crippen LogP contribution in [0.2, 0.25) is 0 Å². The molecule has 0 fully saturated rings. The van der Waals surface area contributed by atoms with Crippen LogP contribution in [-0.2, 0) is 17.8 Å². The lowest BCUT2D eigenvalue weighted by Gasteiger charge is -2.35. The SMILES string of the molecule is COc1ccsc1C(=O)N1Cc2ccccc2C[C@H]1C(N)=O. The molecular weight excluding hydrogens is 300 g/mol. The van der Waals surface area contributed by atoms with Crippen molar-refractivity contribution in [1.82, 2.24) is 4.90 Å². The van der Waals surface area contributed by atoms with E-state index in [4.69, 9.17) is 10.5 Å². The number of ether oxygens (including phenoxy) is 1. The first-order valence-corrected chi connectivity index (χ1v) is 7.78. The molecule has 1 atom stereocenters. The number of fused-ring (bicyclic) bond motifs is 1. The molecule has 0 spiro atoms. The fourth-order valence-corrected chi connectivity index (χ4v) is 3.55. The molecule has 1 aromatic heterocycles. The van der Waals surface area contributed by atoms with Gasteiger partial charge in [0.2, 0.25) is 5.91 Å². The van der Waals surface area contributed by atoms with Crippen molar-refractivity contribution in [3.8, 4) is 5.75 Å². The lowest BCUT2D eigenvalue weighted by Crippen LogP contribution is -2.51. The summed E-state index contributed by atoms with van der Waals surface area (Å²) in [5.74, 6) is -0.180. The van der Waals surface area contributed by atoms with E-state index >= 15 is 0 Å². The maximum Gasteiger partial charge on any atom is 0.268 e. The molecule has 0 unspecified atom stereocenters. The standard InChI is InChI=1S/C16H16N2O3S/c1-21-13-6-7-22-14(13)16(20)18-9-11-5-3-2-4-10(11)8-12(18)15(17)19/h2-7,12H,8-9H2,1H3,(H2,17,19)/t12-/m0/s1. The summed E-state index contributed by atoms with van der Waals surface area (Å²) in [7, 11) is 1.52. The second-order valence-electron chi connectivity index (χ2n) is 5.14. The first kappa shape index (κ1) is 14.6. The minimum atomic E-state index is -0.630. The Morgan fingerprint density at radius 3 is 2.68 bits per heavy atom. The highest BCUT2D eigenvalue weighted by molar-refractivity contribution is 7.12. The predicted octanol–water partition coefficient (Wildman–Crippen LogP) is 1.81. The third-order valence-electron chi connectivity index (χ3n) is 3.88. The number of primary amides is 1. The van der Waals surface area contributed by atoms with Gasteiger partial charge in [-0.25, -0.2) is 0 Å². The van der Waals surface area contributed by atoms with Gasteiger partial charge in [-0.1, -0.05) is 24.3 Å². The van der Waals surface area contributed by atoms with Crippen LogP contribution in [0.3, 0.4) is 0 Å². The van der Waals surface area contributed by atoms with Crippen molar-refractivity contribution in [1.29, 1.82) is 0 Å². The van der Waals surface area contributed by atoms with E-state index in [2.05, 4.69) is 0 Å². The Labute approximate surface area is 132 Å². The summed E-state index contributed by atoms with van der Waals surface area (Å²) in [4.78, 5) is 26.7. The van der Waals surface area contributed by atoms with Crippen LogP contribution in [0, 0.1) is 0 Å². The van der Waals surface area contributed by atoms with E-state index in [1.165, 1.54) is 18.4 Å². The third kappa shape index (κ3) is 2.46. The summed E-state index contributed by atoms with van der Waals surface area (Å²) >= 11 is 1.30. The largest absolute Gasteiger partial charge is 0.495 e. The Morgan fingerprint density at radius 2 is 2.00 bits per heavy atom. The Bertz CT molecular complexity index is 726. The van der Waals surface area contributed by atoms with Crippen LogP contribution < -0.4 is 10.5 Å². The number of benzene rings is 1. The highest BCUT2D eigenvalue weighted by atomic mass is 32.1. The Morgan fingerprint density at radius 1 is 1.27 bits per heavy atom. The van der Waals surface area contributed by atoms with Gasteiger partial charge in [-0.05, 0) is 22.6 Å². The first-order valence-electron chi connectivity index (χ1n) is 6.90. The van der Waals surface area contributed by atoms with Gasteiger partial charge >= 0.3 is 0 Å². The molecule has 2 heterocycles. The highest BCUT2D eigenvalue weighted by Gasteiger charge is 2.35. The monoisotopic (exact) mass is 316 g/mol. The summed E-state index contributed by atoms with van der Waals surface area (Å²) in [6.45, 7) is 0.379. The van der Waals surface area contributed by atoms with Gasteiger partial charge in [-0.15, -0.1) is 11.3 Å². The molecule has 114 valence electrons. The molecule has 2 N–H and O–H groups in total. The minimum absolute atomic E-state index is 0.217. The van der Waals surface area contributed by atoms with Crippen molar-refractivity contribution < 1.29 is 14.3 Å². The van der Waals surface area contributed by atoms with Crippen molar-refractivity contribution in [2.24, 2.45) is 5.73 Å². The summed E-state index contributed by atoms with van der Waals surface area (Å²) in [6, 6.07) is 8.91. The number of carbonyl (C=O) groups excluding carboxylic acids is 2. The molecule has 0 bridgehead atoms. The number of carbonyl (C=O) groups is 2. The van der Waals surface area contributed by atoms with Crippen molar-refractivity contribution in [2.45, 2.75) is 19.0 Å². The Hall–Kier alpha value is -2.34. The lowest BCUT2D eigenvalue weighted by atomic mass is 9.93. The molecule has 3 rings (SSSR count). The Kier molecular flexibility index (Phi) is 3.85. The fraction of sp³-hybridized carbons (Fsp3) is 0.250. The lowest BCUT2D eigenvalue weighted by molar-refractivity contribution is -0.122. The van der Waals surface area contributed by atoms with Crippen molar-refractivity contribution >= 4 is 23.2 Å². The van der Waals surface area contributed by atoms with E-state index in [9.17, 15) is 9.59 Å². The highest BCUT2D eigenvalue weighted by Crippen LogP contribution is 2.30. The molecule has 1 aliphatic heterocycles. The maximum absolute atomic E-state index is 12.8. The predicted molar refractivity (Wildman–Crippen MR) is 83.9 cm³/mol. The van der Waals surface area contributed by atoms with Gasteiger partial charge in [-0.3, -0.25) is 9.59 Å². The maximum atomic E-state index is 12.8. The second-order valence-corrected chi connectivity index (χ2v) is 6.06. The van der Waals surface area contributed by atoms with Crippen LogP contribution in [0.1, 0.15) is 20.8 Å². The van der Waals surface area contributed by atoms with Gasteiger partial charge in [0, 0.05) is 13.0 Å². The van der Waals surface area contributed by atoms with Crippen molar-refractivity contribution in [3.05, 3.63) is 51.7 Å². The number of nitrogens with zero attached hydrogens (tertiary/aromatic N) is 1. The zero-order valence-electron chi connectivity index (χ0n) is 12.1. The zero-order chi connectivity index (χ0) is 15.7. The number of thiophene rings is 1. The van der Waals surface area contributed by atoms with Gasteiger partial charge in [0.05, 0.1) is 7.11 Å². The van der Waals surface area contributed by atoms with Gasteiger partial charge in [0.15, 0.2) is 0 Å². The molecule has 1 aliphatic rings. The quantitative estimate of drug-likeness (QED) is 0.938. The van der Waals surface area contributed by atoms with E-state index in [1.54, 1.807) is 16.3 Å².